The van der Waals surface area contributed by atoms with Crippen LogP contribution < -0.4 is 10.6 Å². The van der Waals surface area contributed by atoms with E-state index in [9.17, 15) is 9.59 Å². The normalized spacial score (nSPS) is 9.85. The number of rotatable bonds is 3. The molecule has 0 aliphatic carbocycles. The zero-order valence-corrected chi connectivity index (χ0v) is 10.6. The molecule has 8 nitrogen and oxygen atoms in total. The Bertz CT molecular complexity index is 650. The van der Waals surface area contributed by atoms with Crippen molar-refractivity contribution < 1.29 is 14.7 Å². The maximum absolute atomic E-state index is 11.6. The molecule has 0 aliphatic heterocycles. The van der Waals surface area contributed by atoms with Gasteiger partial charge in [-0.15, -0.1) is 5.10 Å². The number of benzene rings is 1. The number of aromatic carboxylic acids is 1. The van der Waals surface area contributed by atoms with Gasteiger partial charge in [0.15, 0.2) is 0 Å². The molecule has 1 aromatic carbocycles. The van der Waals surface area contributed by atoms with E-state index in [4.69, 9.17) is 16.7 Å². The third kappa shape index (κ3) is 3.39. The SMILES string of the molecule is O=C(Nc1ccc(Cl)c(C(=O)O)c1)Nc1nccnn1. The predicted molar refractivity (Wildman–Crippen MR) is 70.9 cm³/mol. The number of hydrogen-bond donors (Lipinski definition) is 3. The van der Waals surface area contributed by atoms with Crippen LogP contribution in [0.25, 0.3) is 0 Å². The fourth-order valence-electron chi connectivity index (χ4n) is 1.34. The Morgan fingerprint density at radius 2 is 2.00 bits per heavy atom. The third-order valence-corrected chi connectivity index (χ3v) is 2.49. The van der Waals surface area contributed by atoms with Crippen LogP contribution in [0.1, 0.15) is 10.4 Å². The van der Waals surface area contributed by atoms with Crippen LogP contribution in [0, 0.1) is 0 Å². The molecule has 0 unspecified atom stereocenters. The summed E-state index contributed by atoms with van der Waals surface area (Å²) in [5.41, 5.74) is 0.162. The van der Waals surface area contributed by atoms with Crippen LogP contribution in [0.3, 0.4) is 0 Å². The lowest BCUT2D eigenvalue weighted by atomic mass is 10.2. The number of halogens is 1. The average Bonchev–Trinajstić information content (AvgIpc) is 2.41. The molecule has 0 spiro atoms. The van der Waals surface area contributed by atoms with E-state index in [1.165, 1.54) is 30.6 Å². The van der Waals surface area contributed by atoms with E-state index in [2.05, 4.69) is 25.8 Å². The largest absolute Gasteiger partial charge is 0.478 e. The topological polar surface area (TPSA) is 117 Å². The number of aromatic nitrogens is 3. The first-order valence-electron chi connectivity index (χ1n) is 5.31. The van der Waals surface area contributed by atoms with Crippen molar-refractivity contribution >= 4 is 35.2 Å². The zero-order valence-electron chi connectivity index (χ0n) is 9.87. The van der Waals surface area contributed by atoms with Gasteiger partial charge in [-0.05, 0) is 18.2 Å². The Kier molecular flexibility index (Phi) is 4.06. The lowest BCUT2D eigenvalue weighted by molar-refractivity contribution is 0.0697. The number of hydrogen-bond acceptors (Lipinski definition) is 5. The van der Waals surface area contributed by atoms with Crippen molar-refractivity contribution in [2.45, 2.75) is 0 Å². The smallest absolute Gasteiger partial charge is 0.337 e. The van der Waals surface area contributed by atoms with Gasteiger partial charge in [-0.3, -0.25) is 5.32 Å². The number of anilines is 2. The van der Waals surface area contributed by atoms with E-state index in [-0.39, 0.29) is 22.2 Å². The van der Waals surface area contributed by atoms with Crippen molar-refractivity contribution in [1.82, 2.24) is 15.2 Å². The lowest BCUT2D eigenvalue weighted by Crippen LogP contribution is -2.21. The van der Waals surface area contributed by atoms with E-state index in [0.717, 1.165) is 0 Å². The highest BCUT2D eigenvalue weighted by molar-refractivity contribution is 6.33. The second kappa shape index (κ2) is 5.93. The van der Waals surface area contributed by atoms with Gasteiger partial charge in [-0.2, -0.15) is 5.10 Å². The number of carbonyl (C=O) groups excluding carboxylic acids is 1. The molecule has 0 atom stereocenters. The number of nitrogens with one attached hydrogen (secondary N) is 2. The molecule has 2 amide bonds. The van der Waals surface area contributed by atoms with Gasteiger partial charge < -0.3 is 10.4 Å². The molecule has 0 fully saturated rings. The summed E-state index contributed by atoms with van der Waals surface area (Å²) in [5.74, 6) is -1.16. The Balaban J connectivity index is 2.08. The van der Waals surface area contributed by atoms with Crippen molar-refractivity contribution in [3.63, 3.8) is 0 Å². The maximum atomic E-state index is 11.6. The molecule has 20 heavy (non-hydrogen) atoms. The summed E-state index contributed by atoms with van der Waals surface area (Å²) < 4.78 is 0. The van der Waals surface area contributed by atoms with Crippen LogP contribution in [0.15, 0.2) is 30.6 Å². The molecule has 9 heteroatoms. The van der Waals surface area contributed by atoms with Gasteiger partial charge in [-0.25, -0.2) is 14.6 Å². The Morgan fingerprint density at radius 3 is 2.65 bits per heavy atom. The lowest BCUT2D eigenvalue weighted by Gasteiger charge is -2.07. The van der Waals surface area contributed by atoms with Gasteiger partial charge in [0.05, 0.1) is 23.0 Å². The molecule has 0 saturated carbocycles. The second-order valence-corrected chi connectivity index (χ2v) is 3.95. The minimum atomic E-state index is -1.19. The summed E-state index contributed by atoms with van der Waals surface area (Å²) in [5, 5.41) is 20.9. The molecule has 0 bridgehead atoms. The fourth-order valence-corrected chi connectivity index (χ4v) is 1.53. The zero-order chi connectivity index (χ0) is 14.5. The summed E-state index contributed by atoms with van der Waals surface area (Å²) >= 11 is 5.72. The Labute approximate surface area is 117 Å². The summed E-state index contributed by atoms with van der Waals surface area (Å²) in [6.45, 7) is 0. The quantitative estimate of drug-likeness (QED) is 0.795. The number of amides is 2. The molecule has 0 saturated heterocycles. The van der Waals surface area contributed by atoms with Crippen molar-refractivity contribution in [3.8, 4) is 0 Å². The highest BCUT2D eigenvalue weighted by Gasteiger charge is 2.11. The van der Waals surface area contributed by atoms with E-state index in [0.29, 0.717) is 0 Å². The van der Waals surface area contributed by atoms with Crippen molar-refractivity contribution in [1.29, 1.82) is 0 Å². The van der Waals surface area contributed by atoms with Gasteiger partial charge in [0.1, 0.15) is 0 Å². The molecule has 1 aromatic heterocycles. The van der Waals surface area contributed by atoms with Crippen LogP contribution in [-0.2, 0) is 0 Å². The fraction of sp³-hybridized carbons (Fsp3) is 0. The first-order chi connectivity index (χ1) is 9.56. The molecule has 102 valence electrons. The molecule has 2 rings (SSSR count). The Morgan fingerprint density at radius 1 is 1.20 bits per heavy atom. The molecule has 3 N–H and O–H groups in total. The van der Waals surface area contributed by atoms with E-state index in [1.807, 2.05) is 0 Å². The predicted octanol–water partition coefficient (Wildman–Crippen LogP) is 1.87. The van der Waals surface area contributed by atoms with Crippen LogP contribution in [-0.4, -0.2) is 32.3 Å². The number of carboxylic acids is 1. The second-order valence-electron chi connectivity index (χ2n) is 3.55. The number of nitrogens with zero attached hydrogens (tertiary/aromatic N) is 3. The standard InChI is InChI=1S/C11H8ClN5O3/c12-8-2-1-6(5-7(8)9(18)19)15-11(20)16-10-13-3-4-14-17-10/h1-5H,(H,18,19)(H2,13,15,16,17,20). The maximum Gasteiger partial charge on any atom is 0.337 e. The highest BCUT2D eigenvalue weighted by atomic mass is 35.5. The van der Waals surface area contributed by atoms with Crippen molar-refractivity contribution in [2.75, 3.05) is 10.6 Å². The number of carbonyl (C=O) groups is 2. The van der Waals surface area contributed by atoms with Gasteiger partial charge in [0, 0.05) is 5.69 Å². The van der Waals surface area contributed by atoms with Crippen molar-refractivity contribution in [2.24, 2.45) is 0 Å². The minimum Gasteiger partial charge on any atom is -0.478 e. The van der Waals surface area contributed by atoms with Crippen LogP contribution >= 0.6 is 11.6 Å². The average molecular weight is 294 g/mol. The number of urea groups is 1. The first kappa shape index (κ1) is 13.7. The van der Waals surface area contributed by atoms with Crippen LogP contribution in [0.4, 0.5) is 16.4 Å². The molecule has 0 aliphatic rings. The van der Waals surface area contributed by atoms with Gasteiger partial charge >= 0.3 is 12.0 Å². The van der Waals surface area contributed by atoms with Crippen molar-refractivity contribution in [3.05, 3.63) is 41.2 Å². The summed E-state index contributed by atoms with van der Waals surface area (Å²) in [6, 6.07) is 3.46. The molecule has 0 radical (unpaired) electrons. The van der Waals surface area contributed by atoms with Crippen LogP contribution in [0.2, 0.25) is 5.02 Å². The van der Waals surface area contributed by atoms with Gasteiger partial charge in [-0.1, -0.05) is 11.6 Å². The summed E-state index contributed by atoms with van der Waals surface area (Å²) in [6.07, 6.45) is 2.73. The van der Waals surface area contributed by atoms with Gasteiger partial charge in [0.25, 0.3) is 5.95 Å². The monoisotopic (exact) mass is 293 g/mol. The van der Waals surface area contributed by atoms with E-state index in [1.54, 1.807) is 0 Å². The molecular formula is C11H8ClN5O3. The Hall–Kier alpha value is -2.74. The highest BCUT2D eigenvalue weighted by Crippen LogP contribution is 2.20. The van der Waals surface area contributed by atoms with E-state index >= 15 is 0 Å². The third-order valence-electron chi connectivity index (χ3n) is 2.16. The first-order valence-corrected chi connectivity index (χ1v) is 5.68. The van der Waals surface area contributed by atoms with Gasteiger partial charge in [0.2, 0.25) is 0 Å². The minimum absolute atomic E-state index is 0.0254. The molecule has 2 aromatic rings. The van der Waals surface area contributed by atoms with E-state index < -0.39 is 12.0 Å². The summed E-state index contributed by atoms with van der Waals surface area (Å²) in [4.78, 5) is 26.3. The molecular weight excluding hydrogens is 286 g/mol. The number of carboxylic acid groups (broad SMARTS) is 1. The summed E-state index contributed by atoms with van der Waals surface area (Å²) in [7, 11) is 0. The van der Waals surface area contributed by atoms with Crippen LogP contribution in [0.5, 0.6) is 0 Å². The molecule has 1 heterocycles.